The lowest BCUT2D eigenvalue weighted by Crippen LogP contribution is -2.29. The summed E-state index contributed by atoms with van der Waals surface area (Å²) in [6.07, 6.45) is 7.66. The normalized spacial score (nSPS) is 13.4. The Bertz CT molecular complexity index is 914. The maximum atomic E-state index is 12.1. The smallest absolute Gasteiger partial charge is 0.374 e. The van der Waals surface area contributed by atoms with Gasteiger partial charge in [0.15, 0.2) is 6.61 Å². The molecule has 1 aromatic carbocycles. The van der Waals surface area contributed by atoms with E-state index < -0.39 is 10.9 Å². The lowest BCUT2D eigenvalue weighted by Gasteiger charge is -2.12. The van der Waals surface area contributed by atoms with Crippen LogP contribution in [0.4, 0.5) is 5.69 Å². The summed E-state index contributed by atoms with van der Waals surface area (Å²) in [5.41, 5.74) is 1.91. The third-order valence-electron chi connectivity index (χ3n) is 4.66. The molecule has 0 saturated heterocycles. The molecule has 8 nitrogen and oxygen atoms in total. The molecule has 0 saturated carbocycles. The van der Waals surface area contributed by atoms with Crippen molar-refractivity contribution < 1.29 is 23.7 Å². The molecule has 1 amide bonds. The van der Waals surface area contributed by atoms with Gasteiger partial charge < -0.3 is 14.5 Å². The van der Waals surface area contributed by atoms with Gasteiger partial charge in [0, 0.05) is 24.2 Å². The van der Waals surface area contributed by atoms with Crippen LogP contribution in [0.25, 0.3) is 11.3 Å². The van der Waals surface area contributed by atoms with E-state index in [2.05, 4.69) is 11.4 Å². The highest BCUT2D eigenvalue weighted by Gasteiger charge is 2.16. The fourth-order valence-corrected chi connectivity index (χ4v) is 3.10. The molecule has 3 rings (SSSR count). The highest BCUT2D eigenvalue weighted by Crippen LogP contribution is 2.25. The molecule has 8 heteroatoms. The van der Waals surface area contributed by atoms with Gasteiger partial charge in [0.1, 0.15) is 5.76 Å². The van der Waals surface area contributed by atoms with Gasteiger partial charge in [-0.05, 0) is 56.4 Å². The summed E-state index contributed by atoms with van der Waals surface area (Å²) in [5, 5.41) is 13.4. The lowest BCUT2D eigenvalue weighted by molar-refractivity contribution is -0.384. The van der Waals surface area contributed by atoms with Gasteiger partial charge >= 0.3 is 5.97 Å². The summed E-state index contributed by atoms with van der Waals surface area (Å²) in [5.74, 6) is -0.782. The van der Waals surface area contributed by atoms with Crippen LogP contribution in [0.2, 0.25) is 0 Å². The quantitative estimate of drug-likeness (QED) is 0.311. The zero-order chi connectivity index (χ0) is 20.6. The molecule has 1 aromatic heterocycles. The maximum absolute atomic E-state index is 12.1. The number of nitrogens with one attached hydrogen (secondary N) is 1. The van der Waals surface area contributed by atoms with Gasteiger partial charge in [-0.2, -0.15) is 0 Å². The molecular formula is C21H22N2O6. The summed E-state index contributed by atoms with van der Waals surface area (Å²) in [4.78, 5) is 34.1. The number of hydrogen-bond donors (Lipinski definition) is 1. The van der Waals surface area contributed by atoms with Crippen molar-refractivity contribution in [3.63, 3.8) is 0 Å². The standard InChI is InChI=1S/C21H22N2O6/c24-20(22-13-12-15-4-2-1-3-5-15)14-28-21(25)19-11-10-18(29-19)16-6-8-17(9-7-16)23(26)27/h4,6-11H,1-3,5,12-14H2,(H,22,24). The molecule has 152 valence electrons. The van der Waals surface area contributed by atoms with Gasteiger partial charge in [-0.15, -0.1) is 0 Å². The third kappa shape index (κ3) is 5.78. The molecule has 0 radical (unpaired) electrons. The monoisotopic (exact) mass is 398 g/mol. The average Bonchev–Trinajstić information content (AvgIpc) is 3.23. The molecule has 0 fully saturated rings. The van der Waals surface area contributed by atoms with Crippen LogP contribution in [0.1, 0.15) is 42.7 Å². The number of rotatable bonds is 8. The number of furan rings is 1. The molecule has 0 aliphatic heterocycles. The Kier molecular flexibility index (Phi) is 6.78. The highest BCUT2D eigenvalue weighted by atomic mass is 16.6. The van der Waals surface area contributed by atoms with Crippen molar-refractivity contribution >= 4 is 17.6 Å². The van der Waals surface area contributed by atoms with Crippen LogP contribution in [0, 0.1) is 10.1 Å². The second kappa shape index (κ2) is 9.68. The summed E-state index contributed by atoms with van der Waals surface area (Å²) in [6, 6.07) is 8.76. The van der Waals surface area contributed by atoms with E-state index in [0.29, 0.717) is 17.9 Å². The molecule has 0 unspecified atom stereocenters. The van der Waals surface area contributed by atoms with Crippen molar-refractivity contribution in [2.45, 2.75) is 32.1 Å². The number of non-ortho nitro benzene ring substituents is 1. The predicted octanol–water partition coefficient (Wildman–Crippen LogP) is 4.02. The van der Waals surface area contributed by atoms with Gasteiger partial charge in [-0.3, -0.25) is 14.9 Å². The number of nitro groups is 1. The van der Waals surface area contributed by atoms with E-state index in [1.807, 2.05) is 0 Å². The number of nitro benzene ring substituents is 1. The minimum absolute atomic E-state index is 0.0364. The van der Waals surface area contributed by atoms with Crippen molar-refractivity contribution in [1.29, 1.82) is 0 Å². The van der Waals surface area contributed by atoms with E-state index in [4.69, 9.17) is 9.15 Å². The second-order valence-electron chi connectivity index (χ2n) is 6.75. The largest absolute Gasteiger partial charge is 0.450 e. The molecule has 2 aromatic rings. The summed E-state index contributed by atoms with van der Waals surface area (Å²) >= 11 is 0. The molecule has 0 spiro atoms. The first-order valence-electron chi connectivity index (χ1n) is 9.49. The fraction of sp³-hybridized carbons (Fsp3) is 0.333. The Hall–Kier alpha value is -3.42. The zero-order valence-electron chi connectivity index (χ0n) is 15.9. The van der Waals surface area contributed by atoms with Gasteiger partial charge in [-0.1, -0.05) is 11.6 Å². The van der Waals surface area contributed by atoms with Crippen LogP contribution >= 0.6 is 0 Å². The molecule has 0 bridgehead atoms. The van der Waals surface area contributed by atoms with Crippen LogP contribution in [-0.4, -0.2) is 30.0 Å². The van der Waals surface area contributed by atoms with Crippen LogP contribution in [0.5, 0.6) is 0 Å². The van der Waals surface area contributed by atoms with Crippen LogP contribution < -0.4 is 5.32 Å². The number of allylic oxidation sites excluding steroid dienone is 1. The number of carbonyl (C=O) groups excluding carboxylic acids is 2. The average molecular weight is 398 g/mol. The maximum Gasteiger partial charge on any atom is 0.374 e. The summed E-state index contributed by atoms with van der Waals surface area (Å²) in [6.45, 7) is 0.138. The van der Waals surface area contributed by atoms with Crippen LogP contribution in [0.3, 0.4) is 0 Å². The molecular weight excluding hydrogens is 376 g/mol. The van der Waals surface area contributed by atoms with Gasteiger partial charge in [0.25, 0.3) is 11.6 Å². The third-order valence-corrected chi connectivity index (χ3v) is 4.66. The van der Waals surface area contributed by atoms with Gasteiger partial charge in [-0.25, -0.2) is 4.79 Å². The van der Waals surface area contributed by atoms with Crippen LogP contribution in [0.15, 0.2) is 52.5 Å². The van der Waals surface area contributed by atoms with Crippen molar-refractivity contribution in [1.82, 2.24) is 5.32 Å². The van der Waals surface area contributed by atoms with E-state index in [0.717, 1.165) is 19.3 Å². The first-order valence-corrected chi connectivity index (χ1v) is 9.49. The predicted molar refractivity (Wildman–Crippen MR) is 105 cm³/mol. The molecule has 1 heterocycles. The number of hydrogen-bond acceptors (Lipinski definition) is 6. The number of ether oxygens (including phenoxy) is 1. The number of esters is 1. The van der Waals surface area contributed by atoms with Crippen molar-refractivity contribution in [2.24, 2.45) is 0 Å². The van der Waals surface area contributed by atoms with E-state index in [-0.39, 0.29) is 24.0 Å². The molecule has 29 heavy (non-hydrogen) atoms. The number of amides is 1. The Morgan fingerprint density at radius 2 is 1.93 bits per heavy atom. The number of benzene rings is 1. The molecule has 1 aliphatic rings. The van der Waals surface area contributed by atoms with E-state index in [9.17, 15) is 19.7 Å². The summed E-state index contributed by atoms with van der Waals surface area (Å²) in [7, 11) is 0. The highest BCUT2D eigenvalue weighted by molar-refractivity contribution is 5.89. The summed E-state index contributed by atoms with van der Waals surface area (Å²) < 4.78 is 10.4. The van der Waals surface area contributed by atoms with Crippen molar-refractivity contribution in [2.75, 3.05) is 13.2 Å². The Morgan fingerprint density at radius 1 is 1.14 bits per heavy atom. The first-order chi connectivity index (χ1) is 14.0. The second-order valence-corrected chi connectivity index (χ2v) is 6.75. The minimum Gasteiger partial charge on any atom is -0.450 e. The van der Waals surface area contributed by atoms with Crippen molar-refractivity contribution in [3.05, 3.63) is 63.9 Å². The van der Waals surface area contributed by atoms with E-state index >= 15 is 0 Å². The number of nitrogens with zero attached hydrogens (tertiary/aromatic N) is 1. The van der Waals surface area contributed by atoms with E-state index in [1.54, 1.807) is 6.07 Å². The minimum atomic E-state index is -0.747. The Morgan fingerprint density at radius 3 is 2.62 bits per heavy atom. The Labute approximate surface area is 167 Å². The van der Waals surface area contributed by atoms with E-state index in [1.165, 1.54) is 48.7 Å². The Balaban J connectivity index is 1.45. The zero-order valence-corrected chi connectivity index (χ0v) is 15.9. The topological polar surface area (TPSA) is 112 Å². The first kappa shape index (κ1) is 20.3. The van der Waals surface area contributed by atoms with Gasteiger partial charge in [0.05, 0.1) is 4.92 Å². The lowest BCUT2D eigenvalue weighted by atomic mass is 9.97. The van der Waals surface area contributed by atoms with Crippen LogP contribution in [-0.2, 0) is 9.53 Å². The number of carbonyl (C=O) groups is 2. The molecule has 1 N–H and O–H groups in total. The fourth-order valence-electron chi connectivity index (χ4n) is 3.10. The molecule has 0 atom stereocenters. The molecule has 1 aliphatic carbocycles. The van der Waals surface area contributed by atoms with Crippen molar-refractivity contribution in [3.8, 4) is 11.3 Å². The SMILES string of the molecule is O=C(COC(=O)c1ccc(-c2ccc([N+](=O)[O-])cc2)o1)NCCC1=CCCCC1. The van der Waals surface area contributed by atoms with Gasteiger partial charge in [0.2, 0.25) is 5.76 Å².